The smallest absolute Gasteiger partial charge is 0.283 e. The molecule has 166 valence electrons. The molecular formula is C23H14Cl2FN3O4. The van der Waals surface area contributed by atoms with Crippen molar-refractivity contribution in [1.82, 2.24) is 0 Å². The van der Waals surface area contributed by atoms with Crippen LogP contribution in [0.3, 0.4) is 0 Å². The van der Waals surface area contributed by atoms with Crippen molar-refractivity contribution in [2.24, 2.45) is 0 Å². The number of halogens is 3. The van der Waals surface area contributed by atoms with Gasteiger partial charge in [-0.3, -0.25) is 14.4 Å². The lowest BCUT2D eigenvalue weighted by Gasteiger charge is -2.15. The molecule has 1 heterocycles. The Morgan fingerprint density at radius 3 is 2.45 bits per heavy atom. The van der Waals surface area contributed by atoms with E-state index in [9.17, 15) is 23.9 Å². The Morgan fingerprint density at radius 1 is 0.939 bits per heavy atom. The number of hydrogen-bond acceptors (Lipinski definition) is 5. The maximum Gasteiger partial charge on any atom is 0.283 e. The molecule has 0 atom stereocenters. The fourth-order valence-corrected chi connectivity index (χ4v) is 3.53. The zero-order chi connectivity index (χ0) is 23.7. The van der Waals surface area contributed by atoms with Gasteiger partial charge >= 0.3 is 0 Å². The predicted molar refractivity (Wildman–Crippen MR) is 123 cm³/mol. The molecule has 0 fully saturated rings. The number of rotatable bonds is 5. The summed E-state index contributed by atoms with van der Waals surface area (Å²) in [5.74, 6) is -3.19. The van der Waals surface area contributed by atoms with E-state index in [1.165, 1.54) is 48.5 Å². The van der Waals surface area contributed by atoms with Crippen LogP contribution in [-0.4, -0.2) is 22.8 Å². The molecule has 7 nitrogen and oxygen atoms in total. The van der Waals surface area contributed by atoms with Crippen LogP contribution >= 0.6 is 23.2 Å². The number of anilines is 3. The van der Waals surface area contributed by atoms with Crippen molar-refractivity contribution in [3.63, 3.8) is 0 Å². The topological polar surface area (TPSA) is 98.7 Å². The highest BCUT2D eigenvalue weighted by molar-refractivity contribution is 6.53. The molecule has 3 amide bonds. The van der Waals surface area contributed by atoms with E-state index >= 15 is 0 Å². The molecule has 0 spiro atoms. The van der Waals surface area contributed by atoms with Gasteiger partial charge in [-0.2, -0.15) is 0 Å². The van der Waals surface area contributed by atoms with Gasteiger partial charge in [0.15, 0.2) is 0 Å². The highest BCUT2D eigenvalue weighted by Gasteiger charge is 2.40. The lowest BCUT2D eigenvalue weighted by Crippen LogP contribution is -2.33. The molecule has 1 aliphatic rings. The number of carbonyl (C=O) groups excluding carboxylic acids is 3. The van der Waals surface area contributed by atoms with Crippen LogP contribution < -0.4 is 15.5 Å². The van der Waals surface area contributed by atoms with Crippen LogP contribution in [0.2, 0.25) is 5.02 Å². The number of aromatic hydroxyl groups is 1. The van der Waals surface area contributed by atoms with Gasteiger partial charge in [-0.15, -0.1) is 0 Å². The third-order valence-electron chi connectivity index (χ3n) is 4.72. The molecule has 0 unspecified atom stereocenters. The molecule has 1 aliphatic heterocycles. The van der Waals surface area contributed by atoms with Crippen LogP contribution in [0.15, 0.2) is 77.5 Å². The van der Waals surface area contributed by atoms with Gasteiger partial charge in [-0.25, -0.2) is 9.29 Å². The number of hydrogen-bond donors (Lipinski definition) is 3. The van der Waals surface area contributed by atoms with E-state index in [1.54, 1.807) is 12.1 Å². The Balaban J connectivity index is 1.56. The van der Waals surface area contributed by atoms with Crippen LogP contribution in [0.5, 0.6) is 5.75 Å². The molecule has 3 aromatic carbocycles. The molecule has 0 saturated heterocycles. The number of carbonyl (C=O) groups is 3. The number of phenols is 1. The molecule has 0 bridgehead atoms. The number of amides is 3. The number of benzene rings is 3. The summed E-state index contributed by atoms with van der Waals surface area (Å²) in [6.07, 6.45) is 0. The summed E-state index contributed by atoms with van der Waals surface area (Å²) >= 11 is 12.0. The first kappa shape index (κ1) is 22.3. The second-order valence-corrected chi connectivity index (χ2v) is 7.72. The van der Waals surface area contributed by atoms with E-state index < -0.39 is 28.6 Å². The zero-order valence-corrected chi connectivity index (χ0v) is 18.1. The minimum absolute atomic E-state index is 0.119. The summed E-state index contributed by atoms with van der Waals surface area (Å²) in [5.41, 5.74) is 0.0991. The molecular weight excluding hydrogens is 472 g/mol. The lowest BCUT2D eigenvalue weighted by molar-refractivity contribution is -0.120. The summed E-state index contributed by atoms with van der Waals surface area (Å²) < 4.78 is 14.1. The minimum Gasteiger partial charge on any atom is -0.506 e. The van der Waals surface area contributed by atoms with E-state index in [0.29, 0.717) is 9.92 Å². The summed E-state index contributed by atoms with van der Waals surface area (Å²) in [7, 11) is 0. The van der Waals surface area contributed by atoms with Gasteiger partial charge in [0.1, 0.15) is 22.3 Å². The second kappa shape index (κ2) is 8.93. The SMILES string of the molecule is O=C(Nc1cc(Cl)ccc1O)c1cccc(NC2=C(Cl)C(=O)N(c3ccccc3F)C2=O)c1. The maximum absolute atomic E-state index is 14.1. The number of nitrogens with one attached hydrogen (secondary N) is 2. The molecule has 4 rings (SSSR count). The molecule has 0 saturated carbocycles. The third-order valence-corrected chi connectivity index (χ3v) is 5.31. The number of para-hydroxylation sites is 1. The molecule has 10 heteroatoms. The van der Waals surface area contributed by atoms with Crippen LogP contribution in [0.4, 0.5) is 21.5 Å². The van der Waals surface area contributed by atoms with Gasteiger partial charge in [0, 0.05) is 16.3 Å². The van der Waals surface area contributed by atoms with E-state index in [0.717, 1.165) is 6.07 Å². The van der Waals surface area contributed by atoms with Crippen molar-refractivity contribution in [3.05, 3.63) is 93.9 Å². The maximum atomic E-state index is 14.1. The van der Waals surface area contributed by atoms with Crippen molar-refractivity contribution >= 4 is 58.0 Å². The average molecular weight is 486 g/mol. The second-order valence-electron chi connectivity index (χ2n) is 6.91. The monoisotopic (exact) mass is 485 g/mol. The van der Waals surface area contributed by atoms with Crippen LogP contribution in [0, 0.1) is 5.82 Å². The molecule has 33 heavy (non-hydrogen) atoms. The minimum atomic E-state index is -0.875. The Morgan fingerprint density at radius 2 is 1.70 bits per heavy atom. The van der Waals surface area contributed by atoms with Crippen LogP contribution in [-0.2, 0) is 9.59 Å². The third kappa shape index (κ3) is 4.39. The van der Waals surface area contributed by atoms with Gasteiger partial charge in [-0.05, 0) is 48.5 Å². The van der Waals surface area contributed by atoms with E-state index in [4.69, 9.17) is 23.2 Å². The van der Waals surface area contributed by atoms with Crippen molar-refractivity contribution < 1.29 is 23.9 Å². The largest absolute Gasteiger partial charge is 0.506 e. The Hall–Kier alpha value is -3.88. The van der Waals surface area contributed by atoms with Crippen molar-refractivity contribution in [1.29, 1.82) is 0 Å². The van der Waals surface area contributed by atoms with Crippen molar-refractivity contribution in [2.45, 2.75) is 0 Å². The highest BCUT2D eigenvalue weighted by atomic mass is 35.5. The van der Waals surface area contributed by atoms with Crippen LogP contribution in [0.25, 0.3) is 0 Å². The first-order valence-corrected chi connectivity index (χ1v) is 10.2. The normalized spacial score (nSPS) is 13.5. The predicted octanol–water partition coefficient (Wildman–Crippen LogP) is 4.87. The molecule has 0 aliphatic carbocycles. The van der Waals surface area contributed by atoms with Gasteiger partial charge < -0.3 is 15.7 Å². The summed E-state index contributed by atoms with van der Waals surface area (Å²) in [4.78, 5) is 38.6. The van der Waals surface area contributed by atoms with Gasteiger partial charge in [0.05, 0.1) is 11.4 Å². The van der Waals surface area contributed by atoms with E-state index in [1.807, 2.05) is 0 Å². The zero-order valence-electron chi connectivity index (χ0n) is 16.6. The fourth-order valence-electron chi connectivity index (χ4n) is 3.15. The number of imide groups is 1. The number of phenolic OH excluding ortho intramolecular Hbond substituents is 1. The summed E-state index contributed by atoms with van der Waals surface area (Å²) in [5, 5.41) is 15.1. The summed E-state index contributed by atoms with van der Waals surface area (Å²) in [6, 6.07) is 15.5. The van der Waals surface area contributed by atoms with Crippen LogP contribution in [0.1, 0.15) is 10.4 Å². The molecule has 3 aromatic rings. The van der Waals surface area contributed by atoms with Gasteiger partial charge in [0.25, 0.3) is 17.7 Å². The molecule has 3 N–H and O–H groups in total. The standard InChI is InChI=1S/C23H14Cl2FN3O4/c24-13-8-9-18(30)16(11-13)28-21(31)12-4-3-5-14(10-12)27-20-19(25)22(32)29(23(20)33)17-7-2-1-6-15(17)26/h1-11,27,30H,(H,28,31). The highest BCUT2D eigenvalue weighted by Crippen LogP contribution is 2.32. The average Bonchev–Trinajstić information content (AvgIpc) is 3.00. The van der Waals surface area contributed by atoms with Gasteiger partial charge in [-0.1, -0.05) is 41.4 Å². The molecule has 0 radical (unpaired) electrons. The first-order valence-electron chi connectivity index (χ1n) is 9.46. The van der Waals surface area contributed by atoms with Gasteiger partial charge in [0.2, 0.25) is 0 Å². The Kier molecular flexibility index (Phi) is 6.04. The quantitative estimate of drug-likeness (QED) is 0.353. The van der Waals surface area contributed by atoms with Crippen molar-refractivity contribution in [2.75, 3.05) is 15.5 Å². The Bertz CT molecular complexity index is 1340. The number of nitrogens with zero attached hydrogens (tertiary/aromatic N) is 1. The lowest BCUT2D eigenvalue weighted by atomic mass is 10.1. The van der Waals surface area contributed by atoms with E-state index in [-0.39, 0.29) is 34.1 Å². The first-order chi connectivity index (χ1) is 15.8. The van der Waals surface area contributed by atoms with Crippen molar-refractivity contribution in [3.8, 4) is 5.75 Å². The Labute approximate surface area is 197 Å². The summed E-state index contributed by atoms with van der Waals surface area (Å²) in [6.45, 7) is 0. The van der Waals surface area contributed by atoms with E-state index in [2.05, 4.69) is 10.6 Å². The molecule has 0 aromatic heterocycles. The fraction of sp³-hybridized carbons (Fsp3) is 0.